The third-order valence-corrected chi connectivity index (χ3v) is 3.74. The Morgan fingerprint density at radius 2 is 1.91 bits per heavy atom. The predicted molar refractivity (Wildman–Crippen MR) is 85.9 cm³/mol. The number of carbonyl (C=O) groups excluding carboxylic acids is 1. The van der Waals surface area contributed by atoms with Crippen LogP contribution in [0.1, 0.15) is 5.56 Å². The van der Waals surface area contributed by atoms with E-state index in [1.165, 1.54) is 5.06 Å². The highest BCUT2D eigenvalue weighted by atomic mass is 35.6. The maximum Gasteiger partial charge on any atom is 0.278 e. The van der Waals surface area contributed by atoms with Crippen LogP contribution < -0.4 is 0 Å². The molecule has 1 aromatic rings. The number of rotatable bonds is 5. The minimum atomic E-state index is -1.53. The van der Waals surface area contributed by atoms with Crippen LogP contribution in [0.5, 0.6) is 0 Å². The highest BCUT2D eigenvalue weighted by molar-refractivity contribution is 6.67. The molecule has 2 aliphatic rings. The smallest absolute Gasteiger partial charge is 0.278 e. The van der Waals surface area contributed by atoms with Gasteiger partial charge in [0.2, 0.25) is 3.79 Å². The zero-order chi connectivity index (χ0) is 16.4. The summed E-state index contributed by atoms with van der Waals surface area (Å²) in [6.45, 7) is 0.184. The molecule has 2 heterocycles. The van der Waals surface area contributed by atoms with E-state index in [9.17, 15) is 4.79 Å². The van der Waals surface area contributed by atoms with E-state index in [2.05, 4.69) is 0 Å². The van der Waals surface area contributed by atoms with E-state index in [4.69, 9.17) is 49.1 Å². The Bertz CT molecular complexity index is 590. The van der Waals surface area contributed by atoms with Crippen molar-refractivity contribution in [3.05, 3.63) is 48.0 Å². The predicted octanol–water partition coefficient (Wildman–Crippen LogP) is 3.00. The van der Waals surface area contributed by atoms with Crippen molar-refractivity contribution in [2.24, 2.45) is 0 Å². The normalized spacial score (nSPS) is 26.8. The van der Waals surface area contributed by atoms with Crippen molar-refractivity contribution in [2.45, 2.75) is 28.8 Å². The lowest BCUT2D eigenvalue weighted by atomic mass is 9.99. The van der Waals surface area contributed by atoms with Crippen LogP contribution in [0, 0.1) is 0 Å². The molecule has 1 amide bonds. The summed E-state index contributed by atoms with van der Waals surface area (Å²) in [5, 5.41) is 1.30. The van der Waals surface area contributed by atoms with Crippen LogP contribution in [0.15, 0.2) is 42.5 Å². The molecule has 0 bridgehead atoms. The number of β-lactam (4-membered cyclic amide) rings is 1. The summed E-state index contributed by atoms with van der Waals surface area (Å²) in [5.41, 5.74) is 0.980. The Labute approximate surface area is 148 Å². The molecule has 2 aliphatic heterocycles. The topological polar surface area (TPSA) is 48.0 Å². The summed E-state index contributed by atoms with van der Waals surface area (Å²) in [4.78, 5) is 17.6. The molecule has 0 N–H and O–H groups in total. The molecule has 0 saturated carbocycles. The van der Waals surface area contributed by atoms with E-state index in [-0.39, 0.29) is 18.6 Å². The first-order valence-corrected chi connectivity index (χ1v) is 8.09. The molecule has 124 valence electrons. The Balaban J connectivity index is 1.53. The monoisotopic (exact) mass is 377 g/mol. The first-order valence-electron chi connectivity index (χ1n) is 6.96. The van der Waals surface area contributed by atoms with Crippen molar-refractivity contribution in [3.8, 4) is 0 Å². The summed E-state index contributed by atoms with van der Waals surface area (Å²) >= 11 is 16.8. The molecule has 0 radical (unpaired) electrons. The molecule has 1 fully saturated rings. The number of hydrogen-bond donors (Lipinski definition) is 0. The van der Waals surface area contributed by atoms with Crippen LogP contribution in [0.4, 0.5) is 0 Å². The minimum Gasteiger partial charge on any atom is -0.344 e. The quantitative estimate of drug-likeness (QED) is 0.449. The average Bonchev–Trinajstić information content (AvgIpc) is 2.53. The van der Waals surface area contributed by atoms with Crippen molar-refractivity contribution in [1.82, 2.24) is 5.06 Å². The van der Waals surface area contributed by atoms with E-state index in [0.717, 1.165) is 5.56 Å². The van der Waals surface area contributed by atoms with Crippen molar-refractivity contribution >= 4 is 40.7 Å². The van der Waals surface area contributed by atoms with Crippen LogP contribution >= 0.6 is 34.8 Å². The van der Waals surface area contributed by atoms with Gasteiger partial charge in [-0.15, -0.1) is 0 Å². The molecule has 3 atom stereocenters. The number of nitrogens with zero attached hydrogens (tertiary/aromatic N) is 1. The summed E-state index contributed by atoms with van der Waals surface area (Å²) < 4.78 is 9.29. The number of ether oxygens (including phenoxy) is 2. The number of carbonyl (C=O) groups is 1. The van der Waals surface area contributed by atoms with Gasteiger partial charge in [-0.1, -0.05) is 71.2 Å². The standard InChI is InChI=1S/C15H14Cl3NO4/c16-15(17,18)9-21-12-7-6-11-13(23-12)14(20)19(11)22-8-10-4-2-1-3-5-10/h1-7,11-13H,8-9H2/t11-,12+,13+/m1/s1. The number of amides is 1. The molecule has 8 heteroatoms. The van der Waals surface area contributed by atoms with Gasteiger partial charge in [0.05, 0.1) is 6.61 Å². The van der Waals surface area contributed by atoms with E-state index in [1.807, 2.05) is 30.3 Å². The zero-order valence-corrected chi connectivity index (χ0v) is 14.2. The third kappa shape index (κ3) is 4.18. The summed E-state index contributed by atoms with van der Waals surface area (Å²) in [6, 6.07) is 9.33. The second-order valence-electron chi connectivity index (χ2n) is 5.15. The second-order valence-corrected chi connectivity index (χ2v) is 7.67. The number of hydrogen-bond acceptors (Lipinski definition) is 4. The Morgan fingerprint density at radius 1 is 1.17 bits per heavy atom. The fraction of sp³-hybridized carbons (Fsp3) is 0.400. The molecule has 0 spiro atoms. The molecule has 0 aliphatic carbocycles. The average molecular weight is 379 g/mol. The van der Waals surface area contributed by atoms with Gasteiger partial charge in [0.1, 0.15) is 12.6 Å². The Kier molecular flexibility index (Phi) is 5.16. The first kappa shape index (κ1) is 17.0. The van der Waals surface area contributed by atoms with Gasteiger partial charge in [-0.25, -0.2) is 5.06 Å². The number of hydroxylamine groups is 2. The summed E-state index contributed by atoms with van der Waals surface area (Å²) in [5.74, 6) is -0.252. The molecule has 23 heavy (non-hydrogen) atoms. The van der Waals surface area contributed by atoms with Crippen LogP contribution in [-0.4, -0.2) is 39.8 Å². The van der Waals surface area contributed by atoms with Crippen molar-refractivity contribution in [2.75, 3.05) is 6.61 Å². The molecular formula is C15H14Cl3NO4. The molecule has 1 aromatic carbocycles. The fourth-order valence-electron chi connectivity index (χ4n) is 2.31. The zero-order valence-electron chi connectivity index (χ0n) is 11.9. The van der Waals surface area contributed by atoms with E-state index < -0.39 is 16.2 Å². The maximum atomic E-state index is 12.1. The molecule has 0 aromatic heterocycles. The van der Waals surface area contributed by atoms with Crippen LogP contribution in [-0.2, 0) is 25.7 Å². The van der Waals surface area contributed by atoms with Gasteiger partial charge < -0.3 is 9.47 Å². The maximum absolute atomic E-state index is 12.1. The van der Waals surface area contributed by atoms with Gasteiger partial charge in [0, 0.05) is 0 Å². The minimum absolute atomic E-state index is 0.132. The second kappa shape index (κ2) is 6.97. The summed E-state index contributed by atoms with van der Waals surface area (Å²) in [6.07, 6.45) is 2.12. The van der Waals surface area contributed by atoms with Gasteiger partial charge in [0.15, 0.2) is 12.4 Å². The molecule has 5 nitrogen and oxygen atoms in total. The van der Waals surface area contributed by atoms with Gasteiger partial charge >= 0.3 is 0 Å². The van der Waals surface area contributed by atoms with Gasteiger partial charge in [-0.05, 0) is 11.6 Å². The lowest BCUT2D eigenvalue weighted by molar-refractivity contribution is -0.278. The largest absolute Gasteiger partial charge is 0.344 e. The Morgan fingerprint density at radius 3 is 2.61 bits per heavy atom. The Hall–Kier alpha value is -0.820. The van der Waals surface area contributed by atoms with E-state index >= 15 is 0 Å². The molecule has 3 rings (SSSR count). The number of halogens is 3. The van der Waals surface area contributed by atoms with Crippen molar-refractivity contribution in [1.29, 1.82) is 0 Å². The van der Waals surface area contributed by atoms with E-state index in [0.29, 0.717) is 6.61 Å². The van der Waals surface area contributed by atoms with Crippen LogP contribution in [0.2, 0.25) is 0 Å². The third-order valence-electron chi connectivity index (χ3n) is 3.41. The van der Waals surface area contributed by atoms with E-state index in [1.54, 1.807) is 12.2 Å². The lowest BCUT2D eigenvalue weighted by Crippen LogP contribution is -2.66. The highest BCUT2D eigenvalue weighted by Gasteiger charge is 2.51. The van der Waals surface area contributed by atoms with Gasteiger partial charge in [0.25, 0.3) is 5.91 Å². The number of fused-ring (bicyclic) bond motifs is 1. The van der Waals surface area contributed by atoms with Crippen LogP contribution in [0.25, 0.3) is 0 Å². The van der Waals surface area contributed by atoms with Gasteiger partial charge in [-0.2, -0.15) is 0 Å². The highest BCUT2D eigenvalue weighted by Crippen LogP contribution is 2.32. The number of alkyl halides is 3. The first-order chi connectivity index (χ1) is 10.9. The lowest BCUT2D eigenvalue weighted by Gasteiger charge is -2.46. The van der Waals surface area contributed by atoms with Crippen molar-refractivity contribution in [3.63, 3.8) is 0 Å². The van der Waals surface area contributed by atoms with Gasteiger partial charge in [-0.3, -0.25) is 9.63 Å². The van der Waals surface area contributed by atoms with Crippen molar-refractivity contribution < 1.29 is 19.1 Å². The molecular weight excluding hydrogens is 365 g/mol. The SMILES string of the molecule is O=C1[C@H]2O[C@H](OCC(Cl)(Cl)Cl)C=C[C@H]2N1OCc1ccccc1. The molecule has 1 saturated heterocycles. The number of benzene rings is 1. The fourth-order valence-corrected chi connectivity index (χ4v) is 2.50. The summed E-state index contributed by atoms with van der Waals surface area (Å²) in [7, 11) is 0. The van der Waals surface area contributed by atoms with Crippen LogP contribution in [0.3, 0.4) is 0 Å². The molecule has 0 unspecified atom stereocenters.